The first-order valence-corrected chi connectivity index (χ1v) is 9.84. The molecule has 1 aromatic heterocycles. The van der Waals surface area contributed by atoms with Gasteiger partial charge in [0.1, 0.15) is 5.75 Å². The Kier molecular flexibility index (Phi) is 7.24. The fraction of sp³-hybridized carbons (Fsp3) is 0.476. The van der Waals surface area contributed by atoms with Gasteiger partial charge in [0.25, 0.3) is 5.56 Å². The Labute approximate surface area is 170 Å². The molecule has 1 unspecified atom stereocenters. The predicted octanol–water partition coefficient (Wildman–Crippen LogP) is 2.14. The molecule has 0 radical (unpaired) electrons. The van der Waals surface area contributed by atoms with Gasteiger partial charge in [-0.3, -0.25) is 9.59 Å². The van der Waals surface area contributed by atoms with Crippen molar-refractivity contribution in [2.45, 2.75) is 25.8 Å². The molecule has 1 amide bonds. The fourth-order valence-electron chi connectivity index (χ4n) is 3.62. The number of carbonyl (C=O) groups excluding carboxylic acids is 1. The normalized spacial score (nSPS) is 16.5. The number of methoxy groups -OCH3 is 2. The van der Waals surface area contributed by atoms with E-state index in [-0.39, 0.29) is 17.4 Å². The number of hydrogen-bond donors (Lipinski definition) is 1. The molecule has 2 heterocycles. The van der Waals surface area contributed by atoms with Gasteiger partial charge in [-0.2, -0.15) is 5.10 Å². The Morgan fingerprint density at radius 2 is 2.14 bits per heavy atom. The van der Waals surface area contributed by atoms with Gasteiger partial charge >= 0.3 is 0 Å². The molecule has 8 nitrogen and oxygen atoms in total. The molecule has 156 valence electrons. The third-order valence-corrected chi connectivity index (χ3v) is 5.10. The number of para-hydroxylation sites is 2. The number of benzene rings is 1. The van der Waals surface area contributed by atoms with E-state index in [1.54, 1.807) is 26.5 Å². The highest BCUT2D eigenvalue weighted by molar-refractivity contribution is 5.92. The van der Waals surface area contributed by atoms with Gasteiger partial charge in [0.2, 0.25) is 5.91 Å². The number of piperidine rings is 1. The molecule has 0 bridgehead atoms. The first kappa shape index (κ1) is 20.9. The summed E-state index contributed by atoms with van der Waals surface area (Å²) in [4.78, 5) is 26.9. The molecule has 1 N–H and O–H groups in total. The third kappa shape index (κ3) is 5.57. The predicted molar refractivity (Wildman–Crippen MR) is 112 cm³/mol. The van der Waals surface area contributed by atoms with Gasteiger partial charge in [-0.05, 0) is 30.9 Å². The summed E-state index contributed by atoms with van der Waals surface area (Å²) in [5.74, 6) is 0.829. The molecule has 1 atom stereocenters. The standard InChI is InChI=1S/C21H28N4O4/c1-28-11-10-25-21(27)13-17(14-22-25)24-9-5-6-16(15-24)12-20(26)23-18-7-3-4-8-19(18)29-2/h3-4,7-8,13-14,16H,5-6,9-12,15H2,1-2H3,(H,23,26). The molecule has 3 rings (SSSR count). The molecule has 1 fully saturated rings. The molecule has 0 saturated carbocycles. The summed E-state index contributed by atoms with van der Waals surface area (Å²) in [6.45, 7) is 2.46. The summed E-state index contributed by atoms with van der Waals surface area (Å²) >= 11 is 0. The number of anilines is 2. The average Bonchev–Trinajstić information content (AvgIpc) is 2.73. The molecule has 1 saturated heterocycles. The molecule has 1 aromatic carbocycles. The number of nitrogens with zero attached hydrogens (tertiary/aromatic N) is 3. The van der Waals surface area contributed by atoms with E-state index in [4.69, 9.17) is 9.47 Å². The van der Waals surface area contributed by atoms with Gasteiger partial charge in [0, 0.05) is 32.7 Å². The Morgan fingerprint density at radius 1 is 1.31 bits per heavy atom. The number of rotatable bonds is 8. The van der Waals surface area contributed by atoms with Gasteiger partial charge in [0.15, 0.2) is 0 Å². The van der Waals surface area contributed by atoms with Crippen LogP contribution in [0, 0.1) is 5.92 Å². The summed E-state index contributed by atoms with van der Waals surface area (Å²) < 4.78 is 11.7. The van der Waals surface area contributed by atoms with Crippen LogP contribution in [-0.4, -0.2) is 49.6 Å². The molecule has 1 aliphatic heterocycles. The highest BCUT2D eigenvalue weighted by atomic mass is 16.5. The molecule has 0 spiro atoms. The quantitative estimate of drug-likeness (QED) is 0.731. The van der Waals surface area contributed by atoms with Crippen LogP contribution >= 0.6 is 0 Å². The molecule has 1 aliphatic rings. The van der Waals surface area contributed by atoms with Crippen LogP contribution in [0.2, 0.25) is 0 Å². The molecule has 29 heavy (non-hydrogen) atoms. The van der Waals surface area contributed by atoms with Crippen LogP contribution in [0.5, 0.6) is 5.75 Å². The topological polar surface area (TPSA) is 85.7 Å². The second-order valence-corrected chi connectivity index (χ2v) is 7.17. The maximum Gasteiger partial charge on any atom is 0.268 e. The Hall–Kier alpha value is -2.87. The highest BCUT2D eigenvalue weighted by Gasteiger charge is 2.23. The van der Waals surface area contributed by atoms with Crippen molar-refractivity contribution < 1.29 is 14.3 Å². The van der Waals surface area contributed by atoms with Crippen molar-refractivity contribution in [3.8, 4) is 5.75 Å². The van der Waals surface area contributed by atoms with Crippen molar-refractivity contribution in [3.05, 3.63) is 46.9 Å². The zero-order chi connectivity index (χ0) is 20.6. The average molecular weight is 400 g/mol. The smallest absolute Gasteiger partial charge is 0.268 e. The summed E-state index contributed by atoms with van der Waals surface area (Å²) in [6.07, 6.45) is 4.09. The number of ether oxygens (including phenoxy) is 2. The van der Waals surface area contributed by atoms with Crippen molar-refractivity contribution in [3.63, 3.8) is 0 Å². The highest BCUT2D eigenvalue weighted by Crippen LogP contribution is 2.26. The van der Waals surface area contributed by atoms with E-state index in [0.717, 1.165) is 31.6 Å². The zero-order valence-corrected chi connectivity index (χ0v) is 17.0. The van der Waals surface area contributed by atoms with E-state index in [0.29, 0.717) is 31.0 Å². The molecule has 8 heteroatoms. The van der Waals surface area contributed by atoms with Crippen molar-refractivity contribution >= 4 is 17.3 Å². The van der Waals surface area contributed by atoms with Gasteiger partial charge in [-0.1, -0.05) is 12.1 Å². The van der Waals surface area contributed by atoms with Gasteiger partial charge in [0.05, 0.1) is 37.8 Å². The van der Waals surface area contributed by atoms with Crippen LogP contribution in [0.25, 0.3) is 0 Å². The Balaban J connectivity index is 1.60. The summed E-state index contributed by atoms with van der Waals surface area (Å²) in [7, 11) is 3.18. The minimum Gasteiger partial charge on any atom is -0.495 e. The van der Waals surface area contributed by atoms with E-state index >= 15 is 0 Å². The first-order valence-electron chi connectivity index (χ1n) is 9.84. The number of amides is 1. The van der Waals surface area contributed by atoms with Crippen molar-refractivity contribution in [1.29, 1.82) is 0 Å². The lowest BCUT2D eigenvalue weighted by atomic mass is 9.94. The third-order valence-electron chi connectivity index (χ3n) is 5.10. The summed E-state index contributed by atoms with van der Waals surface area (Å²) in [5.41, 5.74) is 1.34. The zero-order valence-electron chi connectivity index (χ0n) is 17.0. The van der Waals surface area contributed by atoms with E-state index in [1.165, 1.54) is 4.68 Å². The van der Waals surface area contributed by atoms with Crippen molar-refractivity contribution in [2.24, 2.45) is 5.92 Å². The van der Waals surface area contributed by atoms with Crippen LogP contribution in [0.4, 0.5) is 11.4 Å². The molecular weight excluding hydrogens is 372 g/mol. The van der Waals surface area contributed by atoms with Crippen LogP contribution < -0.4 is 20.5 Å². The number of carbonyl (C=O) groups is 1. The summed E-state index contributed by atoms with van der Waals surface area (Å²) in [5, 5.41) is 7.18. The number of hydrogen-bond acceptors (Lipinski definition) is 6. The van der Waals surface area contributed by atoms with Crippen LogP contribution in [-0.2, 0) is 16.1 Å². The van der Waals surface area contributed by atoms with Crippen molar-refractivity contribution in [1.82, 2.24) is 9.78 Å². The number of nitrogens with one attached hydrogen (secondary N) is 1. The van der Waals surface area contributed by atoms with Gasteiger partial charge < -0.3 is 19.7 Å². The maximum absolute atomic E-state index is 12.5. The monoisotopic (exact) mass is 400 g/mol. The minimum absolute atomic E-state index is 0.0329. The minimum atomic E-state index is -0.143. The lowest BCUT2D eigenvalue weighted by Crippen LogP contribution is -2.38. The molecule has 2 aromatic rings. The molecular formula is C21H28N4O4. The van der Waals surface area contributed by atoms with E-state index in [1.807, 2.05) is 24.3 Å². The lowest BCUT2D eigenvalue weighted by molar-refractivity contribution is -0.117. The summed E-state index contributed by atoms with van der Waals surface area (Å²) in [6, 6.07) is 8.99. The van der Waals surface area contributed by atoms with Gasteiger partial charge in [-0.25, -0.2) is 4.68 Å². The molecule has 0 aliphatic carbocycles. The second-order valence-electron chi connectivity index (χ2n) is 7.17. The SMILES string of the molecule is COCCn1ncc(N2CCCC(CC(=O)Nc3ccccc3OC)C2)cc1=O. The Morgan fingerprint density at radius 3 is 2.90 bits per heavy atom. The first-order chi connectivity index (χ1) is 14.1. The lowest BCUT2D eigenvalue weighted by Gasteiger charge is -2.34. The van der Waals surface area contributed by atoms with E-state index < -0.39 is 0 Å². The van der Waals surface area contributed by atoms with Gasteiger partial charge in [-0.15, -0.1) is 0 Å². The Bertz CT molecular complexity index is 883. The van der Waals surface area contributed by atoms with E-state index in [2.05, 4.69) is 15.3 Å². The maximum atomic E-state index is 12.5. The fourth-order valence-corrected chi connectivity index (χ4v) is 3.62. The van der Waals surface area contributed by atoms with Crippen molar-refractivity contribution in [2.75, 3.05) is 44.1 Å². The van der Waals surface area contributed by atoms with Crippen LogP contribution in [0.1, 0.15) is 19.3 Å². The largest absolute Gasteiger partial charge is 0.495 e. The van der Waals surface area contributed by atoms with Crippen LogP contribution in [0.15, 0.2) is 41.3 Å². The van der Waals surface area contributed by atoms with E-state index in [9.17, 15) is 9.59 Å². The number of aromatic nitrogens is 2. The second kappa shape index (κ2) is 10.1. The van der Waals surface area contributed by atoms with Crippen LogP contribution in [0.3, 0.4) is 0 Å².